The molecular formula is C88H79BN4. The van der Waals surface area contributed by atoms with Crippen LogP contribution in [0.3, 0.4) is 0 Å². The molecule has 4 heterocycles. The van der Waals surface area contributed by atoms with Crippen molar-refractivity contribution in [2.24, 2.45) is 0 Å². The summed E-state index contributed by atoms with van der Waals surface area (Å²) in [6, 6.07) is 102. The van der Waals surface area contributed by atoms with E-state index in [2.05, 4.69) is 320 Å². The second-order valence-corrected chi connectivity index (χ2v) is 27.1. The molecule has 0 aliphatic carbocycles. The predicted molar refractivity (Wildman–Crippen MR) is 400 cm³/mol. The summed E-state index contributed by atoms with van der Waals surface area (Å²) in [6.07, 6.45) is 11.4. The van der Waals surface area contributed by atoms with Crippen molar-refractivity contribution in [1.29, 1.82) is 0 Å². The van der Waals surface area contributed by atoms with Crippen LogP contribution < -0.4 is 26.2 Å². The van der Waals surface area contributed by atoms with Gasteiger partial charge in [0.25, 0.3) is 6.71 Å². The number of para-hydroxylation sites is 4. The van der Waals surface area contributed by atoms with Crippen molar-refractivity contribution < 1.29 is 0 Å². The molecule has 454 valence electrons. The van der Waals surface area contributed by atoms with Gasteiger partial charge >= 0.3 is 0 Å². The molecule has 0 bridgehead atoms. The molecule has 0 saturated heterocycles. The van der Waals surface area contributed by atoms with Gasteiger partial charge in [0.05, 0.1) is 33.4 Å². The summed E-state index contributed by atoms with van der Waals surface area (Å²) in [5.41, 5.74) is 29.7. The summed E-state index contributed by atoms with van der Waals surface area (Å²) >= 11 is 0. The number of rotatable bonds is 17. The molecule has 4 nitrogen and oxygen atoms in total. The average molecular weight is 1200 g/mol. The first-order chi connectivity index (χ1) is 45.7. The summed E-state index contributed by atoms with van der Waals surface area (Å²) in [5, 5.41) is 5.02. The Labute approximate surface area is 549 Å². The molecule has 2 aromatic heterocycles. The largest absolute Gasteiger partial charge is 0.311 e. The van der Waals surface area contributed by atoms with E-state index in [0.29, 0.717) is 0 Å². The van der Waals surface area contributed by atoms with Gasteiger partial charge in [0.15, 0.2) is 0 Å². The SMILES string of the molecule is CCCCCCc1cc(-c2ccccc2)cc(CCCCCC)c1N1c2cc(-n3c4ccccc4c4ccccc43)ccc2B2c3ccc(-n4c5ccccc5c5ccccc54)cc3N(c3c(-c4ccccc4)cc(C(C)(C)C)cc3-c3ccccc3)c3cccc1c32. The second-order valence-electron chi connectivity index (χ2n) is 27.1. The Hall–Kier alpha value is -10.1. The molecule has 2 aliphatic heterocycles. The molecule has 12 aromatic carbocycles. The van der Waals surface area contributed by atoms with Crippen LogP contribution in [0.15, 0.2) is 267 Å². The fourth-order valence-electron chi connectivity index (χ4n) is 15.8. The molecule has 0 fully saturated rings. The highest BCUT2D eigenvalue weighted by Crippen LogP contribution is 2.53. The first kappa shape index (κ1) is 58.0. The van der Waals surface area contributed by atoms with Crippen LogP contribution in [0.25, 0.3) is 88.4 Å². The number of anilines is 6. The first-order valence-electron chi connectivity index (χ1n) is 34.2. The van der Waals surface area contributed by atoms with E-state index in [-0.39, 0.29) is 12.1 Å². The van der Waals surface area contributed by atoms with Gasteiger partial charge in [0, 0.05) is 66.8 Å². The van der Waals surface area contributed by atoms with Crippen molar-refractivity contribution in [3.8, 4) is 44.8 Å². The number of benzene rings is 12. The van der Waals surface area contributed by atoms with E-state index in [9.17, 15) is 0 Å². The zero-order valence-electron chi connectivity index (χ0n) is 54.3. The van der Waals surface area contributed by atoms with Crippen LogP contribution in [0.2, 0.25) is 0 Å². The molecule has 0 atom stereocenters. The van der Waals surface area contributed by atoms with E-state index in [1.165, 1.54) is 183 Å². The zero-order chi connectivity index (χ0) is 62.7. The summed E-state index contributed by atoms with van der Waals surface area (Å²) in [7, 11) is 0. The molecule has 0 saturated carbocycles. The van der Waals surface area contributed by atoms with Gasteiger partial charge in [-0.25, -0.2) is 0 Å². The third-order valence-electron chi connectivity index (χ3n) is 20.2. The topological polar surface area (TPSA) is 16.3 Å². The lowest BCUT2D eigenvalue weighted by Gasteiger charge is -2.46. The van der Waals surface area contributed by atoms with Crippen molar-refractivity contribution >= 4 is 101 Å². The molecular weight excluding hydrogens is 1120 g/mol. The van der Waals surface area contributed by atoms with Gasteiger partial charge in [-0.05, 0) is 171 Å². The van der Waals surface area contributed by atoms with E-state index < -0.39 is 0 Å². The molecule has 0 spiro atoms. The summed E-state index contributed by atoms with van der Waals surface area (Å²) in [6.45, 7) is 11.6. The fourth-order valence-corrected chi connectivity index (χ4v) is 15.8. The molecule has 14 aromatic rings. The Kier molecular flexibility index (Phi) is 15.1. The van der Waals surface area contributed by atoms with Crippen LogP contribution in [-0.2, 0) is 18.3 Å². The number of aryl methyl sites for hydroxylation is 2. The Morgan fingerprint density at radius 1 is 0.323 bits per heavy atom. The third kappa shape index (κ3) is 10.1. The highest BCUT2D eigenvalue weighted by atomic mass is 15.2. The molecule has 16 rings (SSSR count). The van der Waals surface area contributed by atoms with Gasteiger partial charge in [-0.15, -0.1) is 0 Å². The van der Waals surface area contributed by atoms with Crippen LogP contribution >= 0.6 is 0 Å². The number of fused-ring (bicyclic) bond motifs is 10. The van der Waals surface area contributed by atoms with E-state index in [1.54, 1.807) is 0 Å². The minimum Gasteiger partial charge on any atom is -0.311 e. The number of aromatic nitrogens is 2. The standard InChI is InChI=1S/C88H79BN4/c1-6-8-10-15-38-63-54-65(60-32-17-12-18-33-60)55-64(39-16-11-9-7-2)86(63)92-81-48-31-49-82-85(81)89(75-52-50-67(58-83(75)92)90-77-44-27-23-40-69(77)70-41-24-28-45-78(70)90)76-53-51-68(91-79-46-29-25-42-71(79)72-43-26-30-47-80(72)91)59-84(76)93(82)87-73(61-34-19-13-20-35-61)56-66(88(3,4)5)57-74(87)62-36-21-14-22-37-62/h12-14,17-37,40-59H,6-11,15-16,38-39H2,1-5H3. The number of hydrogen-bond donors (Lipinski definition) is 0. The first-order valence-corrected chi connectivity index (χ1v) is 34.2. The quantitative estimate of drug-likeness (QED) is 0.0667. The maximum absolute atomic E-state index is 2.79. The zero-order valence-corrected chi connectivity index (χ0v) is 54.3. The predicted octanol–water partition coefficient (Wildman–Crippen LogP) is 22.5. The van der Waals surface area contributed by atoms with E-state index in [1.807, 2.05) is 0 Å². The highest BCUT2D eigenvalue weighted by Gasteiger charge is 2.45. The van der Waals surface area contributed by atoms with Crippen LogP contribution in [0.1, 0.15) is 103 Å². The summed E-state index contributed by atoms with van der Waals surface area (Å²) in [5.74, 6) is 0. The van der Waals surface area contributed by atoms with Crippen molar-refractivity contribution in [3.05, 3.63) is 284 Å². The second kappa shape index (κ2) is 24.2. The van der Waals surface area contributed by atoms with Crippen molar-refractivity contribution in [3.63, 3.8) is 0 Å². The van der Waals surface area contributed by atoms with Gasteiger partial charge in [0.1, 0.15) is 0 Å². The summed E-state index contributed by atoms with van der Waals surface area (Å²) < 4.78 is 5.03. The third-order valence-corrected chi connectivity index (χ3v) is 20.2. The van der Waals surface area contributed by atoms with Crippen molar-refractivity contribution in [1.82, 2.24) is 9.13 Å². The Balaban J connectivity index is 1.04. The molecule has 0 radical (unpaired) electrons. The lowest BCUT2D eigenvalue weighted by Crippen LogP contribution is -2.61. The molecule has 93 heavy (non-hydrogen) atoms. The van der Waals surface area contributed by atoms with Crippen LogP contribution in [-0.4, -0.2) is 15.8 Å². The van der Waals surface area contributed by atoms with Crippen LogP contribution in [0.5, 0.6) is 0 Å². The minimum atomic E-state index is -0.146. The number of nitrogens with zero attached hydrogens (tertiary/aromatic N) is 4. The van der Waals surface area contributed by atoms with Gasteiger partial charge in [-0.3, -0.25) is 0 Å². The average Bonchev–Trinajstić information content (AvgIpc) is 1.13. The number of unbranched alkanes of at least 4 members (excludes halogenated alkanes) is 6. The monoisotopic (exact) mass is 1200 g/mol. The normalized spacial score (nSPS) is 12.7. The maximum Gasteiger partial charge on any atom is 0.252 e. The smallest absolute Gasteiger partial charge is 0.252 e. The van der Waals surface area contributed by atoms with E-state index >= 15 is 0 Å². The fraction of sp³-hybridized carbons (Fsp3) is 0.182. The lowest BCUT2D eigenvalue weighted by atomic mass is 9.33. The Bertz CT molecular complexity index is 4920. The van der Waals surface area contributed by atoms with Gasteiger partial charge in [-0.2, -0.15) is 0 Å². The van der Waals surface area contributed by atoms with E-state index in [4.69, 9.17) is 0 Å². The number of hydrogen-bond acceptors (Lipinski definition) is 2. The van der Waals surface area contributed by atoms with Crippen molar-refractivity contribution in [2.45, 2.75) is 104 Å². The molecule has 0 N–H and O–H groups in total. The molecule has 5 heteroatoms. The highest BCUT2D eigenvalue weighted by molar-refractivity contribution is 7.00. The molecule has 2 aliphatic rings. The molecule has 0 unspecified atom stereocenters. The van der Waals surface area contributed by atoms with Crippen LogP contribution in [0.4, 0.5) is 34.1 Å². The van der Waals surface area contributed by atoms with Gasteiger partial charge in [0.2, 0.25) is 0 Å². The van der Waals surface area contributed by atoms with Crippen molar-refractivity contribution in [2.75, 3.05) is 9.80 Å². The lowest BCUT2D eigenvalue weighted by molar-refractivity contribution is 0.591. The molecule has 0 amide bonds. The van der Waals surface area contributed by atoms with Gasteiger partial charge in [-0.1, -0.05) is 255 Å². The van der Waals surface area contributed by atoms with Gasteiger partial charge < -0.3 is 18.9 Å². The Morgan fingerprint density at radius 3 is 1.12 bits per heavy atom. The minimum absolute atomic E-state index is 0.132. The maximum atomic E-state index is 2.79. The Morgan fingerprint density at radius 2 is 0.710 bits per heavy atom. The van der Waals surface area contributed by atoms with E-state index in [0.717, 1.165) is 37.1 Å². The summed E-state index contributed by atoms with van der Waals surface area (Å²) in [4.78, 5) is 5.50. The van der Waals surface area contributed by atoms with Crippen LogP contribution in [0, 0.1) is 0 Å².